The lowest BCUT2D eigenvalue weighted by Crippen LogP contribution is -2.33. The van der Waals surface area contributed by atoms with Crippen LogP contribution >= 0.6 is 0 Å². The number of benzene rings is 2. The summed E-state index contributed by atoms with van der Waals surface area (Å²) in [6.07, 6.45) is 4.51. The fourth-order valence-electron chi connectivity index (χ4n) is 4.55. The first-order valence-electron chi connectivity index (χ1n) is 9.91. The Morgan fingerprint density at radius 2 is 1.81 bits per heavy atom. The quantitative estimate of drug-likeness (QED) is 0.886. The van der Waals surface area contributed by atoms with E-state index in [1.165, 1.54) is 41.7 Å². The molecule has 27 heavy (non-hydrogen) atoms. The lowest BCUT2D eigenvalue weighted by atomic mass is 9.91. The van der Waals surface area contributed by atoms with Crippen LogP contribution in [0.1, 0.15) is 41.0 Å². The van der Waals surface area contributed by atoms with E-state index in [1.807, 2.05) is 0 Å². The SMILES string of the molecule is Fc1cc(F)cc(CN2CCOc3cc4c(c(C5CC5)c32)CCNCC4)c1. The van der Waals surface area contributed by atoms with Gasteiger partial charge in [-0.1, -0.05) is 0 Å². The van der Waals surface area contributed by atoms with Gasteiger partial charge in [-0.05, 0) is 85.1 Å². The van der Waals surface area contributed by atoms with Crippen molar-refractivity contribution in [3.8, 4) is 5.75 Å². The van der Waals surface area contributed by atoms with Gasteiger partial charge in [0.2, 0.25) is 0 Å². The predicted molar refractivity (Wildman–Crippen MR) is 102 cm³/mol. The third-order valence-corrected chi connectivity index (χ3v) is 5.85. The molecule has 1 N–H and O–H groups in total. The summed E-state index contributed by atoms with van der Waals surface area (Å²) in [6, 6.07) is 6.01. The van der Waals surface area contributed by atoms with E-state index < -0.39 is 11.6 Å². The van der Waals surface area contributed by atoms with Crippen LogP contribution in [0, 0.1) is 11.6 Å². The van der Waals surface area contributed by atoms with Crippen molar-refractivity contribution >= 4 is 5.69 Å². The number of anilines is 1. The highest BCUT2D eigenvalue weighted by Crippen LogP contribution is 2.51. The third kappa shape index (κ3) is 3.29. The number of nitrogens with zero attached hydrogens (tertiary/aromatic N) is 1. The first-order valence-corrected chi connectivity index (χ1v) is 9.91. The second-order valence-corrected chi connectivity index (χ2v) is 7.85. The Morgan fingerprint density at radius 1 is 1.04 bits per heavy atom. The predicted octanol–water partition coefficient (Wildman–Crippen LogP) is 3.93. The van der Waals surface area contributed by atoms with Gasteiger partial charge in [0.15, 0.2) is 0 Å². The number of ether oxygens (including phenoxy) is 1. The number of nitrogens with one attached hydrogen (secondary N) is 1. The van der Waals surface area contributed by atoms with E-state index in [0.29, 0.717) is 24.6 Å². The van der Waals surface area contributed by atoms with E-state index in [1.54, 1.807) is 0 Å². The highest BCUT2D eigenvalue weighted by Gasteiger charge is 2.35. The van der Waals surface area contributed by atoms with Crippen LogP contribution in [0.4, 0.5) is 14.5 Å². The van der Waals surface area contributed by atoms with Gasteiger partial charge in [0.1, 0.15) is 24.0 Å². The molecule has 142 valence electrons. The van der Waals surface area contributed by atoms with E-state index in [4.69, 9.17) is 4.74 Å². The molecular formula is C22H24F2N2O. The highest BCUT2D eigenvalue weighted by atomic mass is 19.1. The summed E-state index contributed by atoms with van der Waals surface area (Å²) < 4.78 is 33.4. The maximum Gasteiger partial charge on any atom is 0.143 e. The molecule has 5 rings (SSSR count). The van der Waals surface area contributed by atoms with E-state index >= 15 is 0 Å². The van der Waals surface area contributed by atoms with Crippen LogP contribution in [0.25, 0.3) is 0 Å². The summed E-state index contributed by atoms with van der Waals surface area (Å²) in [7, 11) is 0. The van der Waals surface area contributed by atoms with Gasteiger partial charge >= 0.3 is 0 Å². The highest BCUT2D eigenvalue weighted by molar-refractivity contribution is 5.71. The number of fused-ring (bicyclic) bond motifs is 2. The van der Waals surface area contributed by atoms with Crippen LogP contribution in [-0.2, 0) is 19.4 Å². The molecule has 0 unspecified atom stereocenters. The molecule has 0 amide bonds. The molecule has 2 aliphatic heterocycles. The molecule has 3 aliphatic rings. The minimum atomic E-state index is -0.520. The van der Waals surface area contributed by atoms with Crippen LogP contribution in [0.2, 0.25) is 0 Å². The van der Waals surface area contributed by atoms with E-state index in [9.17, 15) is 8.78 Å². The average molecular weight is 370 g/mol. The van der Waals surface area contributed by atoms with Crippen molar-refractivity contribution in [3.05, 3.63) is 58.2 Å². The Balaban J connectivity index is 1.59. The molecule has 0 spiro atoms. The molecule has 1 fully saturated rings. The zero-order valence-electron chi connectivity index (χ0n) is 15.4. The molecule has 0 aromatic heterocycles. The number of hydrogen-bond donors (Lipinski definition) is 1. The summed E-state index contributed by atoms with van der Waals surface area (Å²) in [5, 5.41) is 3.50. The second-order valence-electron chi connectivity index (χ2n) is 7.85. The maximum absolute atomic E-state index is 13.7. The molecular weight excluding hydrogens is 346 g/mol. The molecule has 5 heteroatoms. The van der Waals surface area contributed by atoms with E-state index in [0.717, 1.165) is 50.0 Å². The summed E-state index contributed by atoms with van der Waals surface area (Å²) in [6.45, 7) is 3.85. The standard InChI is InChI=1S/C22H24F2N2O/c23-17-9-14(10-18(24)12-17)13-26-7-8-27-20-11-16-3-5-25-6-4-19(16)21(22(20)26)15-1-2-15/h9-12,15,25H,1-8,13H2. The van der Waals surface area contributed by atoms with Crippen LogP contribution in [0.5, 0.6) is 5.75 Å². The van der Waals surface area contributed by atoms with Crippen LogP contribution in [0.15, 0.2) is 24.3 Å². The molecule has 2 aromatic rings. The maximum atomic E-state index is 13.7. The van der Waals surface area contributed by atoms with Crippen molar-refractivity contribution in [2.45, 2.75) is 38.1 Å². The fourth-order valence-corrected chi connectivity index (χ4v) is 4.55. The van der Waals surface area contributed by atoms with Gasteiger partial charge in [0.05, 0.1) is 12.2 Å². The Hall–Kier alpha value is -2.14. The lowest BCUT2D eigenvalue weighted by Gasteiger charge is -2.35. The van der Waals surface area contributed by atoms with Crippen molar-refractivity contribution in [2.24, 2.45) is 0 Å². The van der Waals surface area contributed by atoms with E-state index in [2.05, 4.69) is 16.3 Å². The van der Waals surface area contributed by atoms with E-state index in [-0.39, 0.29) is 0 Å². The monoisotopic (exact) mass is 370 g/mol. The lowest BCUT2D eigenvalue weighted by molar-refractivity contribution is 0.305. The van der Waals surface area contributed by atoms with Gasteiger partial charge in [-0.2, -0.15) is 0 Å². The van der Waals surface area contributed by atoms with Gasteiger partial charge in [-0.15, -0.1) is 0 Å². The summed E-state index contributed by atoms with van der Waals surface area (Å²) in [4.78, 5) is 2.26. The molecule has 3 nitrogen and oxygen atoms in total. The van der Waals surface area contributed by atoms with Crippen molar-refractivity contribution in [3.63, 3.8) is 0 Å². The minimum absolute atomic E-state index is 0.502. The topological polar surface area (TPSA) is 24.5 Å². The first kappa shape index (κ1) is 17.0. The smallest absolute Gasteiger partial charge is 0.143 e. The Bertz CT molecular complexity index is 859. The van der Waals surface area contributed by atoms with Gasteiger partial charge in [0.25, 0.3) is 0 Å². The average Bonchev–Trinajstić information content (AvgIpc) is 3.46. The third-order valence-electron chi connectivity index (χ3n) is 5.85. The normalized spacial score (nSPS) is 19.1. The molecule has 2 heterocycles. The van der Waals surface area contributed by atoms with Crippen molar-refractivity contribution in [1.29, 1.82) is 0 Å². The molecule has 1 saturated carbocycles. The van der Waals surface area contributed by atoms with Gasteiger partial charge in [-0.25, -0.2) is 8.78 Å². The summed E-state index contributed by atoms with van der Waals surface area (Å²) in [5.41, 5.74) is 6.14. The number of rotatable bonds is 3. The molecule has 1 aliphatic carbocycles. The zero-order chi connectivity index (χ0) is 18.4. The minimum Gasteiger partial charge on any atom is -0.490 e. The van der Waals surface area contributed by atoms with Crippen LogP contribution in [0.3, 0.4) is 0 Å². The number of halogens is 2. The first-order chi connectivity index (χ1) is 13.2. The van der Waals surface area contributed by atoms with Crippen molar-refractivity contribution in [2.75, 3.05) is 31.1 Å². The van der Waals surface area contributed by atoms with Crippen molar-refractivity contribution in [1.82, 2.24) is 5.32 Å². The fraction of sp³-hybridized carbons (Fsp3) is 0.455. The molecule has 0 saturated heterocycles. The van der Waals surface area contributed by atoms with Crippen molar-refractivity contribution < 1.29 is 13.5 Å². The van der Waals surface area contributed by atoms with Gasteiger partial charge < -0.3 is 15.0 Å². The largest absolute Gasteiger partial charge is 0.490 e. The van der Waals surface area contributed by atoms with Gasteiger partial charge in [0, 0.05) is 12.6 Å². The Morgan fingerprint density at radius 3 is 2.59 bits per heavy atom. The second kappa shape index (κ2) is 6.79. The summed E-state index contributed by atoms with van der Waals surface area (Å²) >= 11 is 0. The van der Waals surface area contributed by atoms with Crippen LogP contribution in [-0.4, -0.2) is 26.2 Å². The Labute approximate surface area is 158 Å². The molecule has 0 atom stereocenters. The Kier molecular flexibility index (Phi) is 4.27. The van der Waals surface area contributed by atoms with Gasteiger partial charge in [-0.3, -0.25) is 0 Å². The molecule has 0 bridgehead atoms. The summed E-state index contributed by atoms with van der Waals surface area (Å²) in [5.74, 6) is 0.503. The number of hydrogen-bond acceptors (Lipinski definition) is 3. The molecule has 0 radical (unpaired) electrons. The molecule has 2 aromatic carbocycles. The van der Waals surface area contributed by atoms with Crippen LogP contribution < -0.4 is 15.0 Å². The zero-order valence-corrected chi connectivity index (χ0v) is 15.4.